The third-order valence-corrected chi connectivity index (χ3v) is 3.23. The molecule has 5 heteroatoms. The maximum absolute atomic E-state index is 11.2. The zero-order valence-electron chi connectivity index (χ0n) is 9.44. The number of aryl methyl sites for hydroxylation is 1. The molecule has 1 heterocycles. The molecule has 0 saturated heterocycles. The minimum absolute atomic E-state index is 0.282. The zero-order valence-corrected chi connectivity index (χ0v) is 11.0. The zero-order chi connectivity index (χ0) is 12.6. The van der Waals surface area contributed by atoms with Crippen molar-refractivity contribution >= 4 is 21.9 Å². The molecular weight excluding hydrogens is 284 g/mol. The summed E-state index contributed by atoms with van der Waals surface area (Å²) in [5, 5.41) is 13.3. The summed E-state index contributed by atoms with van der Waals surface area (Å²) in [6.45, 7) is 1.91. The molecule has 4 nitrogen and oxygen atoms in total. The number of aromatic carboxylic acids is 1. The number of carbonyl (C=O) groups is 1. The summed E-state index contributed by atoms with van der Waals surface area (Å²) in [6, 6.07) is 5.11. The highest BCUT2D eigenvalue weighted by Crippen LogP contribution is 2.29. The molecule has 0 amide bonds. The molecule has 0 aliphatic heterocycles. The van der Waals surface area contributed by atoms with E-state index in [1.165, 1.54) is 0 Å². The van der Waals surface area contributed by atoms with E-state index in [0.29, 0.717) is 5.56 Å². The van der Waals surface area contributed by atoms with Gasteiger partial charge in [-0.1, -0.05) is 15.9 Å². The van der Waals surface area contributed by atoms with Crippen molar-refractivity contribution in [3.05, 3.63) is 40.1 Å². The second kappa shape index (κ2) is 4.33. The van der Waals surface area contributed by atoms with Crippen LogP contribution in [0.1, 0.15) is 16.1 Å². The van der Waals surface area contributed by atoms with Gasteiger partial charge < -0.3 is 5.11 Å². The number of hydrogen-bond acceptors (Lipinski definition) is 2. The average Bonchev–Trinajstić information content (AvgIpc) is 2.59. The van der Waals surface area contributed by atoms with Gasteiger partial charge in [0.2, 0.25) is 0 Å². The molecule has 0 bridgehead atoms. The number of nitrogens with zero attached hydrogens (tertiary/aromatic N) is 2. The standard InChI is InChI=1S/C12H11BrN2O2/c1-7-11(6-14-15(7)2)10-5-8(13)3-4-9(10)12(16)17/h3-6H,1-2H3,(H,16,17). The second-order valence-electron chi connectivity index (χ2n) is 3.76. The fraction of sp³-hybridized carbons (Fsp3) is 0.167. The Labute approximate surface area is 107 Å². The van der Waals surface area contributed by atoms with Crippen molar-refractivity contribution < 1.29 is 9.90 Å². The highest BCUT2D eigenvalue weighted by atomic mass is 79.9. The molecule has 0 saturated carbocycles. The lowest BCUT2D eigenvalue weighted by Gasteiger charge is -2.06. The van der Waals surface area contributed by atoms with E-state index in [2.05, 4.69) is 21.0 Å². The van der Waals surface area contributed by atoms with E-state index < -0.39 is 5.97 Å². The normalized spacial score (nSPS) is 10.5. The lowest BCUT2D eigenvalue weighted by molar-refractivity contribution is 0.0697. The van der Waals surface area contributed by atoms with Crippen LogP contribution in [0.5, 0.6) is 0 Å². The number of halogens is 1. The average molecular weight is 295 g/mol. The van der Waals surface area contributed by atoms with Crippen LogP contribution >= 0.6 is 15.9 Å². The Morgan fingerprint density at radius 1 is 1.41 bits per heavy atom. The Morgan fingerprint density at radius 2 is 2.12 bits per heavy atom. The summed E-state index contributed by atoms with van der Waals surface area (Å²) in [7, 11) is 1.83. The van der Waals surface area contributed by atoms with E-state index in [1.807, 2.05) is 14.0 Å². The molecule has 0 atom stereocenters. The summed E-state index contributed by atoms with van der Waals surface area (Å²) in [4.78, 5) is 11.2. The quantitative estimate of drug-likeness (QED) is 0.927. The molecule has 88 valence electrons. The van der Waals surface area contributed by atoms with Crippen molar-refractivity contribution in [2.45, 2.75) is 6.92 Å². The minimum Gasteiger partial charge on any atom is -0.478 e. The van der Waals surface area contributed by atoms with Crippen LogP contribution in [-0.4, -0.2) is 20.9 Å². The lowest BCUT2D eigenvalue weighted by Crippen LogP contribution is -2.00. The Morgan fingerprint density at radius 3 is 2.65 bits per heavy atom. The van der Waals surface area contributed by atoms with E-state index >= 15 is 0 Å². The molecule has 1 N–H and O–H groups in total. The van der Waals surface area contributed by atoms with Crippen LogP contribution in [-0.2, 0) is 7.05 Å². The lowest BCUT2D eigenvalue weighted by atomic mass is 10.0. The van der Waals surface area contributed by atoms with E-state index in [-0.39, 0.29) is 5.56 Å². The molecular formula is C12H11BrN2O2. The van der Waals surface area contributed by atoms with Crippen LogP contribution < -0.4 is 0 Å². The molecule has 2 aromatic rings. The maximum atomic E-state index is 11.2. The number of carboxylic acid groups (broad SMARTS) is 1. The molecule has 0 spiro atoms. The summed E-state index contributed by atoms with van der Waals surface area (Å²) in [5.74, 6) is -0.934. The molecule has 0 radical (unpaired) electrons. The van der Waals surface area contributed by atoms with E-state index in [9.17, 15) is 9.90 Å². The van der Waals surface area contributed by atoms with Crippen molar-refractivity contribution in [1.29, 1.82) is 0 Å². The van der Waals surface area contributed by atoms with Gasteiger partial charge in [0.1, 0.15) is 0 Å². The van der Waals surface area contributed by atoms with Gasteiger partial charge in [-0.3, -0.25) is 4.68 Å². The van der Waals surface area contributed by atoms with Gasteiger partial charge in [0.25, 0.3) is 0 Å². The molecule has 0 aliphatic carbocycles. The van der Waals surface area contributed by atoms with Gasteiger partial charge in [0.05, 0.1) is 11.8 Å². The van der Waals surface area contributed by atoms with Crippen LogP contribution in [0.2, 0.25) is 0 Å². The van der Waals surface area contributed by atoms with E-state index in [4.69, 9.17) is 0 Å². The van der Waals surface area contributed by atoms with E-state index in [1.54, 1.807) is 29.1 Å². The predicted octanol–water partition coefficient (Wildman–Crippen LogP) is 2.86. The summed E-state index contributed by atoms with van der Waals surface area (Å²) in [5.41, 5.74) is 2.73. The number of rotatable bonds is 2. The maximum Gasteiger partial charge on any atom is 0.336 e. The van der Waals surface area contributed by atoms with Crippen LogP contribution in [0.15, 0.2) is 28.9 Å². The predicted molar refractivity (Wildman–Crippen MR) is 68.0 cm³/mol. The smallest absolute Gasteiger partial charge is 0.336 e. The first-order valence-electron chi connectivity index (χ1n) is 5.02. The van der Waals surface area contributed by atoms with Gasteiger partial charge in [-0.05, 0) is 25.1 Å². The van der Waals surface area contributed by atoms with Gasteiger partial charge in [-0.2, -0.15) is 5.10 Å². The summed E-state index contributed by atoms with van der Waals surface area (Å²) in [6.07, 6.45) is 1.68. The van der Waals surface area contributed by atoms with Crippen LogP contribution in [0.3, 0.4) is 0 Å². The molecule has 1 aromatic heterocycles. The third-order valence-electron chi connectivity index (χ3n) is 2.74. The fourth-order valence-electron chi connectivity index (χ4n) is 1.69. The van der Waals surface area contributed by atoms with Gasteiger partial charge in [0.15, 0.2) is 0 Å². The first-order chi connectivity index (χ1) is 8.00. The molecule has 2 rings (SSSR count). The first kappa shape index (κ1) is 11.9. The SMILES string of the molecule is Cc1c(-c2cc(Br)ccc2C(=O)O)cnn1C. The Bertz CT molecular complexity index is 590. The Balaban J connectivity index is 2.69. The molecule has 0 unspecified atom stereocenters. The van der Waals surface area contributed by atoms with Gasteiger partial charge in [-0.15, -0.1) is 0 Å². The minimum atomic E-state index is -0.934. The van der Waals surface area contributed by atoms with Crippen LogP contribution in [0, 0.1) is 6.92 Å². The Hall–Kier alpha value is -1.62. The fourth-order valence-corrected chi connectivity index (χ4v) is 2.05. The van der Waals surface area contributed by atoms with Crippen molar-refractivity contribution in [1.82, 2.24) is 9.78 Å². The largest absolute Gasteiger partial charge is 0.478 e. The molecule has 17 heavy (non-hydrogen) atoms. The number of benzene rings is 1. The van der Waals surface area contributed by atoms with Crippen molar-refractivity contribution in [3.8, 4) is 11.1 Å². The van der Waals surface area contributed by atoms with Crippen LogP contribution in [0.25, 0.3) is 11.1 Å². The van der Waals surface area contributed by atoms with Crippen molar-refractivity contribution in [2.24, 2.45) is 7.05 Å². The van der Waals surface area contributed by atoms with Crippen molar-refractivity contribution in [3.63, 3.8) is 0 Å². The number of carboxylic acids is 1. The molecule has 0 aliphatic rings. The highest BCUT2D eigenvalue weighted by molar-refractivity contribution is 9.10. The first-order valence-corrected chi connectivity index (χ1v) is 5.82. The number of aromatic nitrogens is 2. The highest BCUT2D eigenvalue weighted by Gasteiger charge is 2.15. The number of hydrogen-bond donors (Lipinski definition) is 1. The van der Waals surface area contributed by atoms with E-state index in [0.717, 1.165) is 15.7 Å². The van der Waals surface area contributed by atoms with Gasteiger partial charge in [-0.25, -0.2) is 4.79 Å². The van der Waals surface area contributed by atoms with Crippen molar-refractivity contribution in [2.75, 3.05) is 0 Å². The second-order valence-corrected chi connectivity index (χ2v) is 4.68. The molecule has 1 aromatic carbocycles. The monoisotopic (exact) mass is 294 g/mol. The summed E-state index contributed by atoms with van der Waals surface area (Å²) < 4.78 is 2.57. The van der Waals surface area contributed by atoms with Gasteiger partial charge in [0, 0.05) is 28.3 Å². The Kier molecular flexibility index (Phi) is 3.02. The third kappa shape index (κ3) is 2.10. The van der Waals surface area contributed by atoms with Crippen LogP contribution in [0.4, 0.5) is 0 Å². The molecule has 0 fully saturated rings. The van der Waals surface area contributed by atoms with Gasteiger partial charge >= 0.3 is 5.97 Å². The summed E-state index contributed by atoms with van der Waals surface area (Å²) >= 11 is 3.35. The topological polar surface area (TPSA) is 55.1 Å².